The normalized spacial score (nSPS) is 12.7. The first kappa shape index (κ1) is 22.2. The van der Waals surface area contributed by atoms with Crippen LogP contribution in [0.1, 0.15) is 10.4 Å². The lowest BCUT2D eigenvalue weighted by Gasteiger charge is -2.12. The van der Waals surface area contributed by atoms with Crippen LogP contribution in [-0.2, 0) is 9.73 Å². The Morgan fingerprint density at radius 3 is 1.82 bits per heavy atom. The molecule has 166 valence electrons. The number of nitrogen functional groups attached to an aromatic ring is 1. The number of carbonyl (C=O) groups is 1. The molecule has 0 aromatic heterocycles. The Morgan fingerprint density at radius 1 is 0.758 bits per heavy atom. The molecule has 0 spiro atoms. The summed E-state index contributed by atoms with van der Waals surface area (Å²) in [7, 11) is -3.35. The minimum atomic E-state index is -3.35. The zero-order valence-electron chi connectivity index (χ0n) is 17.2. The minimum absolute atomic E-state index is 0.173. The summed E-state index contributed by atoms with van der Waals surface area (Å²) in [5, 5.41) is 2.75. The van der Waals surface area contributed by atoms with Crippen LogP contribution in [0.15, 0.2) is 101 Å². The minimum Gasteiger partial charge on any atom is -0.397 e. The van der Waals surface area contributed by atoms with Crippen LogP contribution in [0.25, 0.3) is 11.1 Å². The van der Waals surface area contributed by atoms with Gasteiger partial charge >= 0.3 is 0 Å². The molecule has 0 aliphatic rings. The summed E-state index contributed by atoms with van der Waals surface area (Å²) >= 11 is 0. The summed E-state index contributed by atoms with van der Waals surface area (Å²) in [4.78, 5) is 13.1. The Kier molecular flexibility index (Phi) is 5.93. The molecule has 4 rings (SSSR count). The van der Waals surface area contributed by atoms with Crippen LogP contribution < -0.4 is 11.1 Å². The van der Waals surface area contributed by atoms with Gasteiger partial charge in [0.05, 0.1) is 21.2 Å². The third-order valence-electron chi connectivity index (χ3n) is 5.07. The molecule has 0 radical (unpaired) electrons. The molecule has 4 aromatic carbocycles. The molecule has 33 heavy (non-hydrogen) atoms. The number of nitrogens with two attached hydrogens (primary N) is 1. The molecular formula is C25H19F2N3O2S. The summed E-state index contributed by atoms with van der Waals surface area (Å²) < 4.78 is 47.5. The van der Waals surface area contributed by atoms with Crippen LogP contribution in [0, 0.1) is 16.4 Å². The molecule has 0 aliphatic heterocycles. The van der Waals surface area contributed by atoms with Gasteiger partial charge in [-0.15, -0.1) is 0 Å². The average Bonchev–Trinajstić information content (AvgIpc) is 2.81. The van der Waals surface area contributed by atoms with E-state index in [2.05, 4.69) is 5.32 Å². The zero-order chi connectivity index (χ0) is 23.6. The van der Waals surface area contributed by atoms with E-state index in [0.717, 1.165) is 23.3 Å². The van der Waals surface area contributed by atoms with Crippen molar-refractivity contribution in [1.29, 1.82) is 4.78 Å². The van der Waals surface area contributed by atoms with Crippen LogP contribution in [-0.4, -0.2) is 10.1 Å². The second-order valence-corrected chi connectivity index (χ2v) is 9.35. The highest BCUT2D eigenvalue weighted by molar-refractivity contribution is 7.92. The second-order valence-electron chi connectivity index (χ2n) is 7.30. The summed E-state index contributed by atoms with van der Waals surface area (Å²) in [6, 6.07) is 21.8. The van der Waals surface area contributed by atoms with Gasteiger partial charge in [-0.05, 0) is 83.9 Å². The lowest BCUT2D eigenvalue weighted by atomic mass is 10.0. The van der Waals surface area contributed by atoms with Crippen molar-refractivity contribution in [2.24, 2.45) is 0 Å². The van der Waals surface area contributed by atoms with Crippen molar-refractivity contribution in [1.82, 2.24) is 0 Å². The Morgan fingerprint density at radius 2 is 1.24 bits per heavy atom. The van der Waals surface area contributed by atoms with Crippen LogP contribution >= 0.6 is 0 Å². The SMILES string of the molecule is N=S(=O)(c1ccc(F)cc1)c1ccc(C(=O)Nc2cc(-c3ccc(F)cc3)ccc2N)cc1. The van der Waals surface area contributed by atoms with E-state index in [1.807, 2.05) is 0 Å². The molecule has 5 nitrogen and oxygen atoms in total. The fraction of sp³-hybridized carbons (Fsp3) is 0. The van der Waals surface area contributed by atoms with Crippen LogP contribution in [0.5, 0.6) is 0 Å². The number of nitrogens with one attached hydrogen (secondary N) is 2. The lowest BCUT2D eigenvalue weighted by Crippen LogP contribution is -2.13. The van der Waals surface area contributed by atoms with E-state index in [-0.39, 0.29) is 21.2 Å². The maximum Gasteiger partial charge on any atom is 0.255 e. The topological polar surface area (TPSA) is 96.0 Å². The van der Waals surface area contributed by atoms with Crippen molar-refractivity contribution < 1.29 is 17.8 Å². The van der Waals surface area contributed by atoms with Gasteiger partial charge in [0.2, 0.25) is 0 Å². The molecule has 1 unspecified atom stereocenters. The maximum atomic E-state index is 13.2. The van der Waals surface area contributed by atoms with Gasteiger partial charge in [0.15, 0.2) is 0 Å². The largest absolute Gasteiger partial charge is 0.397 e. The molecule has 0 saturated carbocycles. The second kappa shape index (κ2) is 8.84. The summed E-state index contributed by atoms with van der Waals surface area (Å²) in [5.74, 6) is -1.27. The number of amides is 1. The molecule has 4 aromatic rings. The summed E-state index contributed by atoms with van der Waals surface area (Å²) in [6.45, 7) is 0. The van der Waals surface area contributed by atoms with Gasteiger partial charge in [-0.3, -0.25) is 4.79 Å². The van der Waals surface area contributed by atoms with E-state index in [9.17, 15) is 17.8 Å². The Labute approximate surface area is 189 Å². The molecule has 0 aliphatic carbocycles. The number of anilines is 2. The van der Waals surface area contributed by atoms with Crippen LogP contribution in [0.2, 0.25) is 0 Å². The van der Waals surface area contributed by atoms with Gasteiger partial charge in [0.25, 0.3) is 5.91 Å². The first-order chi connectivity index (χ1) is 15.7. The van der Waals surface area contributed by atoms with E-state index in [1.165, 1.54) is 48.5 Å². The van der Waals surface area contributed by atoms with E-state index >= 15 is 0 Å². The fourth-order valence-electron chi connectivity index (χ4n) is 3.24. The maximum absolute atomic E-state index is 13.2. The van der Waals surface area contributed by atoms with E-state index in [4.69, 9.17) is 10.5 Å². The number of halogens is 2. The van der Waals surface area contributed by atoms with E-state index in [0.29, 0.717) is 11.4 Å². The quantitative estimate of drug-likeness (QED) is 0.320. The molecule has 0 bridgehead atoms. The van der Waals surface area contributed by atoms with Gasteiger partial charge in [-0.1, -0.05) is 18.2 Å². The highest BCUT2D eigenvalue weighted by atomic mass is 32.2. The summed E-state index contributed by atoms with van der Waals surface area (Å²) in [6.07, 6.45) is 0. The van der Waals surface area contributed by atoms with Crippen molar-refractivity contribution in [3.05, 3.63) is 108 Å². The third kappa shape index (κ3) is 4.75. The standard InChI is InChI=1S/C25H19F2N3O2S/c26-19-6-1-16(2-7-19)18-5-14-23(28)24(15-18)30-25(31)17-3-10-21(11-4-17)33(29,32)22-12-8-20(27)9-13-22/h1-15,29H,28H2,(H,30,31). The molecule has 8 heteroatoms. The Balaban J connectivity index is 1.55. The van der Waals surface area contributed by atoms with Crippen LogP contribution in [0.3, 0.4) is 0 Å². The predicted octanol–water partition coefficient (Wildman–Crippen LogP) is 5.93. The smallest absolute Gasteiger partial charge is 0.255 e. The molecule has 1 amide bonds. The monoisotopic (exact) mass is 463 g/mol. The number of benzene rings is 4. The highest BCUT2D eigenvalue weighted by Crippen LogP contribution is 2.28. The molecule has 1 atom stereocenters. The third-order valence-corrected chi connectivity index (χ3v) is 6.95. The number of rotatable bonds is 5. The van der Waals surface area contributed by atoms with Crippen LogP contribution in [0.4, 0.5) is 20.2 Å². The highest BCUT2D eigenvalue weighted by Gasteiger charge is 2.15. The first-order valence-electron chi connectivity index (χ1n) is 9.85. The van der Waals surface area contributed by atoms with Crippen molar-refractivity contribution in [3.8, 4) is 11.1 Å². The van der Waals surface area contributed by atoms with Gasteiger partial charge in [0, 0.05) is 5.56 Å². The first-order valence-corrected chi connectivity index (χ1v) is 11.4. The van der Waals surface area contributed by atoms with Crippen molar-refractivity contribution in [2.75, 3.05) is 11.1 Å². The lowest BCUT2D eigenvalue weighted by molar-refractivity contribution is 0.102. The average molecular weight is 464 g/mol. The fourth-order valence-corrected chi connectivity index (χ4v) is 4.55. The van der Waals surface area contributed by atoms with E-state index < -0.39 is 21.5 Å². The van der Waals surface area contributed by atoms with Gasteiger partial charge in [0.1, 0.15) is 21.4 Å². The number of carbonyl (C=O) groups excluding carboxylic acids is 1. The number of hydrogen-bond acceptors (Lipinski definition) is 4. The molecular weight excluding hydrogens is 444 g/mol. The predicted molar refractivity (Wildman–Crippen MR) is 124 cm³/mol. The molecule has 0 heterocycles. The van der Waals surface area contributed by atoms with Crippen molar-refractivity contribution >= 4 is 27.0 Å². The Bertz CT molecular complexity index is 1420. The van der Waals surface area contributed by atoms with E-state index in [1.54, 1.807) is 30.3 Å². The van der Waals surface area contributed by atoms with Gasteiger partial charge < -0.3 is 11.1 Å². The molecule has 0 fully saturated rings. The van der Waals surface area contributed by atoms with Gasteiger partial charge in [-0.25, -0.2) is 17.8 Å². The van der Waals surface area contributed by atoms with Gasteiger partial charge in [-0.2, -0.15) is 0 Å². The molecule has 0 saturated heterocycles. The van der Waals surface area contributed by atoms with Crippen molar-refractivity contribution in [2.45, 2.75) is 9.79 Å². The molecule has 4 N–H and O–H groups in total. The summed E-state index contributed by atoms with van der Waals surface area (Å²) in [5.41, 5.74) is 8.55. The zero-order valence-corrected chi connectivity index (χ0v) is 18.0. The van der Waals surface area contributed by atoms with Crippen molar-refractivity contribution in [3.63, 3.8) is 0 Å². The Hall–Kier alpha value is -4.04. The number of hydrogen-bond donors (Lipinski definition) is 3.